The van der Waals surface area contributed by atoms with E-state index in [1.165, 1.54) is 29.7 Å². The Hall–Kier alpha value is -0.900. The van der Waals surface area contributed by atoms with Gasteiger partial charge in [0.25, 0.3) is 0 Å². The second-order valence-corrected chi connectivity index (χ2v) is 6.96. The molecule has 0 atom stereocenters. The zero-order chi connectivity index (χ0) is 11.2. The van der Waals surface area contributed by atoms with Gasteiger partial charge in [-0.1, -0.05) is 35.7 Å². The molecule has 0 spiro atoms. The molecule has 1 aliphatic heterocycles. The summed E-state index contributed by atoms with van der Waals surface area (Å²) in [6, 6.07) is 15.4. The van der Waals surface area contributed by atoms with Crippen molar-refractivity contribution in [2.45, 2.75) is 19.6 Å². The lowest BCUT2D eigenvalue weighted by molar-refractivity contribution is 1.18. The van der Waals surface area contributed by atoms with Crippen molar-refractivity contribution in [3.05, 3.63) is 47.8 Å². The van der Waals surface area contributed by atoms with Crippen molar-refractivity contribution in [3.8, 4) is 0 Å². The smallest absolute Gasteiger partial charge is 0.0354 e. The summed E-state index contributed by atoms with van der Waals surface area (Å²) < 4.78 is 1.39. The first-order valence-electron chi connectivity index (χ1n) is 5.37. The van der Waals surface area contributed by atoms with Crippen LogP contribution in [-0.2, 0) is 0 Å². The molecular weight excluding hydrogens is 264 g/mol. The third kappa shape index (κ3) is 1.53. The van der Waals surface area contributed by atoms with Crippen LogP contribution < -0.4 is 0 Å². The summed E-state index contributed by atoms with van der Waals surface area (Å²) in [7, 11) is 0. The van der Waals surface area contributed by atoms with Gasteiger partial charge in [0.1, 0.15) is 0 Å². The van der Waals surface area contributed by atoms with Gasteiger partial charge in [0.2, 0.25) is 0 Å². The van der Waals surface area contributed by atoms with Crippen molar-refractivity contribution < 1.29 is 0 Å². The van der Waals surface area contributed by atoms with Crippen LogP contribution in [-0.4, -0.2) is 0 Å². The van der Waals surface area contributed by atoms with Crippen LogP contribution in [0.4, 0.5) is 0 Å². The maximum Gasteiger partial charge on any atom is 0.0354 e. The summed E-state index contributed by atoms with van der Waals surface area (Å²) in [5, 5.41) is 3.58. The Morgan fingerprint density at radius 1 is 0.706 bits per heavy atom. The molecule has 0 radical (unpaired) electrons. The maximum absolute atomic E-state index is 2.25. The van der Waals surface area contributed by atoms with Gasteiger partial charge in [-0.05, 0) is 35.7 Å². The summed E-state index contributed by atoms with van der Waals surface area (Å²) in [4.78, 5) is 5.57. The molecule has 3 heteroatoms. The highest BCUT2D eigenvalue weighted by atomic mass is 32.2. The molecule has 2 heterocycles. The van der Waals surface area contributed by atoms with E-state index in [4.69, 9.17) is 0 Å². The molecule has 82 valence electrons. The Morgan fingerprint density at radius 2 is 1.53 bits per heavy atom. The SMILES string of the molecule is c1ccc2c(c1)Sc1ccc3sccc3c1S2. The van der Waals surface area contributed by atoms with Crippen molar-refractivity contribution in [1.82, 2.24) is 0 Å². The lowest BCUT2D eigenvalue weighted by atomic mass is 10.3. The first-order chi connectivity index (χ1) is 8.42. The largest absolute Gasteiger partial charge is 0.144 e. The van der Waals surface area contributed by atoms with Crippen LogP contribution in [0.5, 0.6) is 0 Å². The topological polar surface area (TPSA) is 0 Å². The molecule has 0 bridgehead atoms. The number of benzene rings is 2. The van der Waals surface area contributed by atoms with E-state index < -0.39 is 0 Å². The summed E-state index contributed by atoms with van der Waals surface area (Å²) in [6.45, 7) is 0. The van der Waals surface area contributed by atoms with Crippen molar-refractivity contribution in [2.24, 2.45) is 0 Å². The minimum Gasteiger partial charge on any atom is -0.144 e. The van der Waals surface area contributed by atoms with E-state index in [-0.39, 0.29) is 0 Å². The number of fused-ring (bicyclic) bond motifs is 4. The van der Waals surface area contributed by atoms with Gasteiger partial charge in [-0.3, -0.25) is 0 Å². The zero-order valence-corrected chi connectivity index (χ0v) is 11.3. The summed E-state index contributed by atoms with van der Waals surface area (Å²) in [5.41, 5.74) is 0. The van der Waals surface area contributed by atoms with E-state index in [2.05, 4.69) is 47.8 Å². The minimum atomic E-state index is 1.37. The fourth-order valence-corrected chi connectivity index (χ4v) is 5.27. The van der Waals surface area contributed by atoms with Gasteiger partial charge in [-0.2, -0.15) is 0 Å². The normalized spacial score (nSPS) is 13.4. The van der Waals surface area contributed by atoms with Crippen LogP contribution in [0, 0.1) is 0 Å². The molecule has 0 nitrogen and oxygen atoms in total. The van der Waals surface area contributed by atoms with E-state index in [9.17, 15) is 0 Å². The lowest BCUT2D eigenvalue weighted by Crippen LogP contribution is -1.88. The Bertz CT molecular complexity index is 712. The first-order valence-corrected chi connectivity index (χ1v) is 7.88. The highest BCUT2D eigenvalue weighted by molar-refractivity contribution is 8.05. The fraction of sp³-hybridized carbons (Fsp3) is 0. The molecule has 17 heavy (non-hydrogen) atoms. The Kier molecular flexibility index (Phi) is 2.25. The number of thiophene rings is 1. The molecule has 0 saturated heterocycles. The minimum absolute atomic E-state index is 1.37. The van der Waals surface area contributed by atoms with Crippen LogP contribution in [0.2, 0.25) is 0 Å². The average molecular weight is 272 g/mol. The van der Waals surface area contributed by atoms with Crippen LogP contribution in [0.25, 0.3) is 10.1 Å². The fourth-order valence-electron chi connectivity index (χ4n) is 2.03. The number of rotatable bonds is 0. The highest BCUT2D eigenvalue weighted by Crippen LogP contribution is 2.51. The standard InChI is InChI=1S/C14H8S3/c1-2-4-12-11(3-1)16-13-6-5-10-9(7-8-15-10)14(13)17-12/h1-8H. The number of hydrogen-bond acceptors (Lipinski definition) is 3. The molecule has 0 amide bonds. The summed E-state index contributed by atoms with van der Waals surface area (Å²) in [6.07, 6.45) is 0. The van der Waals surface area contributed by atoms with Gasteiger partial charge in [0, 0.05) is 29.7 Å². The van der Waals surface area contributed by atoms with Crippen molar-refractivity contribution in [1.29, 1.82) is 0 Å². The van der Waals surface area contributed by atoms with Crippen molar-refractivity contribution >= 4 is 44.9 Å². The van der Waals surface area contributed by atoms with Crippen LogP contribution in [0.1, 0.15) is 0 Å². The summed E-state index contributed by atoms with van der Waals surface area (Å²) >= 11 is 5.61. The number of hydrogen-bond donors (Lipinski definition) is 0. The quantitative estimate of drug-likeness (QED) is 0.413. The van der Waals surface area contributed by atoms with Crippen molar-refractivity contribution in [3.63, 3.8) is 0 Å². The first kappa shape index (κ1) is 10.1. The van der Waals surface area contributed by atoms with Gasteiger partial charge in [0.15, 0.2) is 0 Å². The van der Waals surface area contributed by atoms with E-state index >= 15 is 0 Å². The molecule has 4 rings (SSSR count). The second-order valence-electron chi connectivity index (χ2n) is 3.88. The average Bonchev–Trinajstić information content (AvgIpc) is 2.85. The Labute approximate surface area is 112 Å². The molecule has 0 fully saturated rings. The molecule has 0 saturated carbocycles. The highest BCUT2D eigenvalue weighted by Gasteiger charge is 2.18. The third-order valence-electron chi connectivity index (χ3n) is 2.83. The molecule has 0 unspecified atom stereocenters. The molecular formula is C14H8S3. The van der Waals surface area contributed by atoms with E-state index in [0.717, 1.165) is 0 Å². The van der Waals surface area contributed by atoms with Gasteiger partial charge in [-0.15, -0.1) is 11.3 Å². The molecule has 3 aromatic rings. The third-order valence-corrected chi connectivity index (χ3v) is 6.33. The van der Waals surface area contributed by atoms with Crippen LogP contribution >= 0.6 is 34.9 Å². The monoisotopic (exact) mass is 272 g/mol. The van der Waals surface area contributed by atoms with Crippen LogP contribution in [0.15, 0.2) is 67.4 Å². The predicted octanol–water partition coefficient (Wildman–Crippen LogP) is 5.52. The van der Waals surface area contributed by atoms with Crippen molar-refractivity contribution in [2.75, 3.05) is 0 Å². The Balaban J connectivity index is 1.98. The van der Waals surface area contributed by atoms with E-state index in [1.54, 1.807) is 0 Å². The molecule has 2 aromatic carbocycles. The van der Waals surface area contributed by atoms with E-state index in [0.29, 0.717) is 0 Å². The van der Waals surface area contributed by atoms with Gasteiger partial charge in [-0.25, -0.2) is 0 Å². The van der Waals surface area contributed by atoms with Gasteiger partial charge < -0.3 is 0 Å². The second kappa shape index (κ2) is 3.80. The maximum atomic E-state index is 2.25. The molecule has 1 aliphatic rings. The zero-order valence-electron chi connectivity index (χ0n) is 8.84. The lowest BCUT2D eigenvalue weighted by Gasteiger charge is -2.18. The van der Waals surface area contributed by atoms with Gasteiger partial charge in [0.05, 0.1) is 0 Å². The molecule has 0 N–H and O–H groups in total. The predicted molar refractivity (Wildman–Crippen MR) is 76.5 cm³/mol. The summed E-state index contributed by atoms with van der Waals surface area (Å²) in [5.74, 6) is 0. The Morgan fingerprint density at radius 3 is 2.41 bits per heavy atom. The molecule has 0 aliphatic carbocycles. The van der Waals surface area contributed by atoms with Crippen LogP contribution in [0.3, 0.4) is 0 Å². The van der Waals surface area contributed by atoms with E-state index in [1.807, 2.05) is 34.9 Å². The molecule has 1 aromatic heterocycles. The van der Waals surface area contributed by atoms with Gasteiger partial charge >= 0.3 is 0 Å².